The number of benzene rings is 1. The molecule has 1 aliphatic heterocycles. The summed E-state index contributed by atoms with van der Waals surface area (Å²) < 4.78 is 19.9. The van der Waals surface area contributed by atoms with Gasteiger partial charge in [-0.2, -0.15) is 0 Å². The molecule has 1 aromatic heterocycles. The monoisotopic (exact) mass is 305 g/mol. The number of ether oxygens (including phenoxy) is 1. The number of amides is 1. The van der Waals surface area contributed by atoms with Gasteiger partial charge in [-0.1, -0.05) is 12.1 Å². The fraction of sp³-hybridized carbons (Fsp3) is 0.429. The zero-order valence-corrected chi connectivity index (χ0v) is 12.1. The fourth-order valence-corrected chi connectivity index (χ4v) is 2.32. The third-order valence-corrected chi connectivity index (χ3v) is 3.56. The van der Waals surface area contributed by atoms with Crippen LogP contribution in [0.3, 0.4) is 0 Å². The summed E-state index contributed by atoms with van der Waals surface area (Å²) in [5.74, 6) is -0.00754. The number of nitrogens with zero attached hydrogens (tertiary/aromatic N) is 4. The lowest BCUT2D eigenvalue weighted by Crippen LogP contribution is -2.51. The summed E-state index contributed by atoms with van der Waals surface area (Å²) in [6.07, 6.45) is 0.309. The van der Waals surface area contributed by atoms with Gasteiger partial charge in [-0.3, -0.25) is 4.79 Å². The highest BCUT2D eigenvalue weighted by Gasteiger charge is 2.28. The number of tetrazole rings is 1. The van der Waals surface area contributed by atoms with Crippen molar-refractivity contribution < 1.29 is 13.9 Å². The molecule has 0 bridgehead atoms. The fourth-order valence-electron chi connectivity index (χ4n) is 2.32. The van der Waals surface area contributed by atoms with Crippen LogP contribution in [0.4, 0.5) is 4.39 Å². The Balaban J connectivity index is 1.82. The highest BCUT2D eigenvalue weighted by atomic mass is 19.1. The molecule has 0 radical (unpaired) electrons. The maximum atomic E-state index is 13.4. The van der Waals surface area contributed by atoms with E-state index in [1.54, 1.807) is 19.1 Å². The van der Waals surface area contributed by atoms with Gasteiger partial charge in [0.25, 0.3) is 0 Å². The van der Waals surface area contributed by atoms with Crippen molar-refractivity contribution in [2.45, 2.75) is 25.4 Å². The first-order valence-electron chi connectivity index (χ1n) is 7.00. The van der Waals surface area contributed by atoms with E-state index in [1.807, 2.05) is 0 Å². The smallest absolute Gasteiger partial charge is 0.245 e. The molecule has 1 unspecified atom stereocenters. The van der Waals surface area contributed by atoms with Crippen molar-refractivity contribution in [2.75, 3.05) is 13.2 Å². The van der Waals surface area contributed by atoms with E-state index in [0.29, 0.717) is 31.0 Å². The van der Waals surface area contributed by atoms with Crippen molar-refractivity contribution in [2.24, 2.45) is 0 Å². The van der Waals surface area contributed by atoms with Gasteiger partial charge in [0.05, 0.1) is 19.3 Å². The minimum absolute atomic E-state index is 0.0132. The Bertz CT molecular complexity index is 671. The number of nitrogens with one attached hydrogen (secondary N) is 1. The predicted octanol–water partition coefficient (Wildman–Crippen LogP) is 0.419. The molecule has 8 heteroatoms. The lowest BCUT2D eigenvalue weighted by atomic mass is 10.0. The van der Waals surface area contributed by atoms with E-state index in [-0.39, 0.29) is 17.8 Å². The van der Waals surface area contributed by atoms with Crippen molar-refractivity contribution >= 4 is 5.91 Å². The zero-order valence-electron chi connectivity index (χ0n) is 12.1. The van der Waals surface area contributed by atoms with Crippen LogP contribution in [-0.4, -0.2) is 45.4 Å². The molecule has 1 fully saturated rings. The molecule has 1 aromatic carbocycles. The molecule has 0 saturated carbocycles. The van der Waals surface area contributed by atoms with Gasteiger partial charge in [0, 0.05) is 6.42 Å². The van der Waals surface area contributed by atoms with Gasteiger partial charge in [-0.25, -0.2) is 9.07 Å². The molecule has 0 aliphatic carbocycles. The molecule has 1 aliphatic rings. The molecule has 22 heavy (non-hydrogen) atoms. The minimum atomic E-state index is -0.627. The highest BCUT2D eigenvalue weighted by Crippen LogP contribution is 2.17. The normalized spacial score (nSPS) is 16.1. The van der Waals surface area contributed by atoms with Crippen LogP contribution in [0.2, 0.25) is 0 Å². The van der Waals surface area contributed by atoms with Crippen LogP contribution in [0.15, 0.2) is 24.3 Å². The first-order chi connectivity index (χ1) is 10.6. The second kappa shape index (κ2) is 6.18. The number of rotatable bonds is 5. The number of carbonyl (C=O) groups is 1. The van der Waals surface area contributed by atoms with E-state index in [0.717, 1.165) is 0 Å². The molecule has 1 atom stereocenters. The average molecular weight is 305 g/mol. The van der Waals surface area contributed by atoms with Crippen LogP contribution >= 0.6 is 0 Å². The maximum absolute atomic E-state index is 13.4. The standard InChI is InChI=1S/C14H16FN5O2/c1-9-17-18-19-20(9)13(14(21)16-12-7-22-8-12)6-10-3-2-4-11(15)5-10/h2-5,12-13H,6-8H2,1H3,(H,16,21). The van der Waals surface area contributed by atoms with Crippen molar-refractivity contribution in [1.29, 1.82) is 0 Å². The SMILES string of the molecule is Cc1nnnn1C(Cc1cccc(F)c1)C(=O)NC1COC1. The number of aryl methyl sites for hydroxylation is 1. The Kier molecular flexibility index (Phi) is 4.10. The second-order valence-electron chi connectivity index (χ2n) is 5.26. The number of hydrogen-bond acceptors (Lipinski definition) is 5. The molecule has 1 amide bonds. The molecule has 2 heterocycles. The topological polar surface area (TPSA) is 81.9 Å². The van der Waals surface area contributed by atoms with E-state index in [9.17, 15) is 9.18 Å². The Hall–Kier alpha value is -2.35. The van der Waals surface area contributed by atoms with E-state index in [1.165, 1.54) is 16.8 Å². The summed E-state index contributed by atoms with van der Waals surface area (Å²) >= 11 is 0. The Morgan fingerprint density at radius 2 is 2.36 bits per heavy atom. The summed E-state index contributed by atoms with van der Waals surface area (Å²) in [5.41, 5.74) is 0.708. The third-order valence-electron chi connectivity index (χ3n) is 3.56. The lowest BCUT2D eigenvalue weighted by Gasteiger charge is -2.29. The average Bonchev–Trinajstić information content (AvgIpc) is 2.86. The zero-order chi connectivity index (χ0) is 15.5. The van der Waals surface area contributed by atoms with Gasteiger partial charge in [0.1, 0.15) is 17.7 Å². The second-order valence-corrected chi connectivity index (χ2v) is 5.26. The molecule has 1 saturated heterocycles. The number of halogens is 1. The summed E-state index contributed by atoms with van der Waals surface area (Å²) in [5, 5.41) is 14.2. The summed E-state index contributed by atoms with van der Waals surface area (Å²) in [4.78, 5) is 12.5. The van der Waals surface area contributed by atoms with Gasteiger partial charge in [-0.15, -0.1) is 5.10 Å². The Morgan fingerprint density at radius 1 is 1.55 bits per heavy atom. The van der Waals surface area contributed by atoms with Crippen LogP contribution in [0.25, 0.3) is 0 Å². The minimum Gasteiger partial charge on any atom is -0.377 e. The molecule has 1 N–H and O–H groups in total. The molecule has 2 aromatic rings. The van der Waals surface area contributed by atoms with Crippen LogP contribution in [0, 0.1) is 12.7 Å². The number of aromatic nitrogens is 4. The van der Waals surface area contributed by atoms with Crippen molar-refractivity contribution in [3.05, 3.63) is 41.5 Å². The molecule has 7 nitrogen and oxygen atoms in total. The maximum Gasteiger partial charge on any atom is 0.245 e. The summed E-state index contributed by atoms with van der Waals surface area (Å²) in [6, 6.07) is 5.55. The van der Waals surface area contributed by atoms with E-state index >= 15 is 0 Å². The molecule has 3 rings (SSSR count). The summed E-state index contributed by atoms with van der Waals surface area (Å²) in [6.45, 7) is 2.73. The first-order valence-corrected chi connectivity index (χ1v) is 7.00. The molecular formula is C14H16FN5O2. The van der Waals surface area contributed by atoms with Crippen molar-refractivity contribution in [3.63, 3.8) is 0 Å². The molecule has 116 valence electrons. The summed E-state index contributed by atoms with van der Waals surface area (Å²) in [7, 11) is 0. The third kappa shape index (κ3) is 3.11. The van der Waals surface area contributed by atoms with E-state index in [4.69, 9.17) is 4.74 Å². The number of hydrogen-bond donors (Lipinski definition) is 1. The van der Waals surface area contributed by atoms with Crippen LogP contribution in [0.1, 0.15) is 17.4 Å². The lowest BCUT2D eigenvalue weighted by molar-refractivity contribution is -0.128. The van der Waals surface area contributed by atoms with Gasteiger partial charge < -0.3 is 10.1 Å². The van der Waals surface area contributed by atoms with E-state index in [2.05, 4.69) is 20.8 Å². The first kappa shape index (κ1) is 14.6. The van der Waals surface area contributed by atoms with Gasteiger partial charge in [0.2, 0.25) is 5.91 Å². The van der Waals surface area contributed by atoms with Crippen LogP contribution in [0.5, 0.6) is 0 Å². The van der Waals surface area contributed by atoms with Crippen molar-refractivity contribution in [3.8, 4) is 0 Å². The van der Waals surface area contributed by atoms with Gasteiger partial charge in [-0.05, 0) is 35.0 Å². The largest absolute Gasteiger partial charge is 0.377 e. The predicted molar refractivity (Wildman–Crippen MR) is 74.4 cm³/mol. The quantitative estimate of drug-likeness (QED) is 0.866. The molecular weight excluding hydrogens is 289 g/mol. The molecule has 0 spiro atoms. The van der Waals surface area contributed by atoms with Crippen molar-refractivity contribution in [1.82, 2.24) is 25.5 Å². The van der Waals surface area contributed by atoms with Gasteiger partial charge >= 0.3 is 0 Å². The number of carbonyl (C=O) groups excluding carboxylic acids is 1. The van der Waals surface area contributed by atoms with Crippen LogP contribution in [-0.2, 0) is 16.0 Å². The highest BCUT2D eigenvalue weighted by molar-refractivity contribution is 5.81. The van der Waals surface area contributed by atoms with Crippen LogP contribution < -0.4 is 5.32 Å². The Labute approximate surface area is 126 Å². The van der Waals surface area contributed by atoms with E-state index < -0.39 is 6.04 Å². The van der Waals surface area contributed by atoms with Gasteiger partial charge in [0.15, 0.2) is 0 Å². The Morgan fingerprint density at radius 3 is 2.95 bits per heavy atom.